The molecule has 1 saturated heterocycles. The van der Waals surface area contributed by atoms with Crippen molar-refractivity contribution >= 4 is 33.4 Å². The van der Waals surface area contributed by atoms with Gasteiger partial charge in [0, 0.05) is 31.2 Å². The third-order valence-electron chi connectivity index (χ3n) is 7.54. The van der Waals surface area contributed by atoms with E-state index in [1.54, 1.807) is 28.2 Å². The van der Waals surface area contributed by atoms with Crippen molar-refractivity contribution in [2.45, 2.75) is 45.8 Å². The number of benzene rings is 2. The number of nitrogens with two attached hydrogens (primary N) is 1. The molecule has 0 saturated carbocycles. The van der Waals surface area contributed by atoms with E-state index in [4.69, 9.17) is 20.4 Å². The van der Waals surface area contributed by atoms with Gasteiger partial charge in [0.25, 0.3) is 0 Å². The van der Waals surface area contributed by atoms with Gasteiger partial charge >= 0.3 is 0 Å². The summed E-state index contributed by atoms with van der Waals surface area (Å²) >= 11 is 1.55. The van der Waals surface area contributed by atoms with E-state index >= 15 is 0 Å². The lowest BCUT2D eigenvalue weighted by molar-refractivity contribution is 0.1000. The molecule has 1 aliphatic heterocycles. The number of hydrogen-bond donors (Lipinski definition) is 2. The lowest BCUT2D eigenvalue weighted by Crippen LogP contribution is -2.39. The number of nitriles is 1. The maximum absolute atomic E-state index is 11.3. The molecule has 0 radical (unpaired) electrons. The quantitative estimate of drug-likeness (QED) is 0.246. The van der Waals surface area contributed by atoms with Gasteiger partial charge in [0.2, 0.25) is 17.7 Å². The summed E-state index contributed by atoms with van der Waals surface area (Å²) in [5.74, 6) is 1.34. The first kappa shape index (κ1) is 28.3. The summed E-state index contributed by atoms with van der Waals surface area (Å²) in [5.41, 5.74) is 11.0. The topological polar surface area (TPSA) is 148 Å². The van der Waals surface area contributed by atoms with Crippen LogP contribution in [-0.4, -0.2) is 54.9 Å². The number of carbonyl (C=O) groups is 1. The second-order valence-electron chi connectivity index (χ2n) is 10.8. The number of amides is 1. The van der Waals surface area contributed by atoms with Gasteiger partial charge in [0.15, 0.2) is 0 Å². The van der Waals surface area contributed by atoms with Crippen molar-refractivity contribution in [3.8, 4) is 17.7 Å². The maximum Gasteiger partial charge on any atom is 0.248 e. The number of hydrogen-bond acceptors (Lipinski definition) is 10. The zero-order valence-electron chi connectivity index (χ0n) is 23.9. The van der Waals surface area contributed by atoms with Crippen molar-refractivity contribution in [2.75, 3.05) is 18.4 Å². The molecule has 0 unspecified atom stereocenters. The van der Waals surface area contributed by atoms with E-state index in [-0.39, 0.29) is 6.04 Å². The fourth-order valence-corrected chi connectivity index (χ4v) is 6.10. The zero-order chi connectivity index (χ0) is 29.9. The van der Waals surface area contributed by atoms with Crippen molar-refractivity contribution < 1.29 is 9.53 Å². The number of piperidine rings is 1. The molecule has 4 heterocycles. The molecule has 1 aliphatic rings. The Labute approximate surface area is 252 Å². The summed E-state index contributed by atoms with van der Waals surface area (Å²) in [5, 5.41) is 23.5. The van der Waals surface area contributed by atoms with Gasteiger partial charge in [0.05, 0.1) is 35.6 Å². The highest BCUT2D eigenvalue weighted by molar-refractivity contribution is 7.17. The van der Waals surface area contributed by atoms with E-state index in [1.165, 1.54) is 0 Å². The van der Waals surface area contributed by atoms with Gasteiger partial charge < -0.3 is 15.8 Å². The first-order valence-electron chi connectivity index (χ1n) is 14.1. The fourth-order valence-electron chi connectivity index (χ4n) is 5.34. The van der Waals surface area contributed by atoms with E-state index < -0.39 is 5.91 Å². The van der Waals surface area contributed by atoms with E-state index in [0.717, 1.165) is 65.1 Å². The molecule has 0 bridgehead atoms. The lowest BCUT2D eigenvalue weighted by Gasteiger charge is -2.31. The minimum Gasteiger partial charge on any atom is -0.437 e. The Kier molecular flexibility index (Phi) is 8.00. The first-order valence-corrected chi connectivity index (χ1v) is 14.9. The van der Waals surface area contributed by atoms with E-state index in [9.17, 15) is 10.1 Å². The number of aryl methyl sites for hydroxylation is 2. The molecule has 1 amide bonds. The van der Waals surface area contributed by atoms with Crippen LogP contribution in [0.1, 0.15) is 51.1 Å². The minimum atomic E-state index is -0.437. The van der Waals surface area contributed by atoms with Crippen LogP contribution >= 0.6 is 11.3 Å². The molecule has 6 rings (SSSR count). The standard InChI is InChI=1S/C31H31N9O2S/c1-19-13-22(15-32)14-20(2)27(19)42-30-28-26(9-12-43-28)35-31(36-30)34-24-7-10-39(11-8-24)17-25-18-40(38-37-25)16-21-3-5-23(6-4-21)29(33)41/h3-6,9,12-14,18,24H,7-8,10-11,16-17H2,1-2H3,(H2,33,41)(H,34,35,36). The summed E-state index contributed by atoms with van der Waals surface area (Å²) in [7, 11) is 0. The van der Waals surface area contributed by atoms with Crippen LogP contribution < -0.4 is 15.8 Å². The number of fused-ring (bicyclic) bond motifs is 1. The molecule has 0 aliphatic carbocycles. The molecule has 11 nitrogen and oxygen atoms in total. The van der Waals surface area contributed by atoms with Gasteiger partial charge in [-0.1, -0.05) is 17.3 Å². The van der Waals surface area contributed by atoms with Crippen molar-refractivity contribution in [2.24, 2.45) is 5.73 Å². The maximum atomic E-state index is 11.3. The highest BCUT2D eigenvalue weighted by Crippen LogP contribution is 2.36. The summed E-state index contributed by atoms with van der Waals surface area (Å²) in [6.07, 6.45) is 3.85. The van der Waals surface area contributed by atoms with Crippen LogP contribution in [0.5, 0.6) is 11.6 Å². The fraction of sp³-hybridized carbons (Fsp3) is 0.290. The SMILES string of the molecule is Cc1cc(C#N)cc(C)c1Oc1nc(NC2CCN(Cc3cn(Cc4ccc(C(N)=O)cc4)nn3)CC2)nc2ccsc12. The Bertz CT molecular complexity index is 1790. The van der Waals surface area contributed by atoms with Gasteiger partial charge in [-0.25, -0.2) is 9.67 Å². The lowest BCUT2D eigenvalue weighted by atomic mass is 10.1. The number of ether oxygens (including phenoxy) is 1. The normalized spacial score (nSPS) is 14.1. The second kappa shape index (κ2) is 12.2. The third kappa shape index (κ3) is 6.48. The van der Waals surface area contributed by atoms with Crippen LogP contribution in [0.4, 0.5) is 5.95 Å². The van der Waals surface area contributed by atoms with Crippen LogP contribution in [0.15, 0.2) is 54.0 Å². The van der Waals surface area contributed by atoms with Crippen molar-refractivity contribution in [3.63, 3.8) is 0 Å². The molecule has 0 spiro atoms. The van der Waals surface area contributed by atoms with Crippen molar-refractivity contribution in [1.29, 1.82) is 5.26 Å². The van der Waals surface area contributed by atoms with Gasteiger partial charge in [0.1, 0.15) is 10.4 Å². The highest BCUT2D eigenvalue weighted by Gasteiger charge is 2.22. The molecule has 43 heavy (non-hydrogen) atoms. The number of aromatic nitrogens is 5. The van der Waals surface area contributed by atoms with E-state index in [2.05, 4.69) is 26.6 Å². The first-order chi connectivity index (χ1) is 20.8. The number of nitrogens with one attached hydrogen (secondary N) is 1. The predicted molar refractivity (Wildman–Crippen MR) is 164 cm³/mol. The molecule has 3 aromatic heterocycles. The van der Waals surface area contributed by atoms with Crippen molar-refractivity contribution in [1.82, 2.24) is 29.9 Å². The number of nitrogens with zero attached hydrogens (tertiary/aromatic N) is 7. The largest absolute Gasteiger partial charge is 0.437 e. The molecule has 5 aromatic rings. The summed E-state index contributed by atoms with van der Waals surface area (Å²) in [6.45, 7) is 7.00. The number of thiophene rings is 1. The number of carbonyl (C=O) groups excluding carboxylic acids is 1. The minimum absolute atomic E-state index is 0.234. The van der Waals surface area contributed by atoms with Gasteiger partial charge in [-0.2, -0.15) is 10.2 Å². The molecule has 1 fully saturated rings. The molecule has 12 heteroatoms. The average molecular weight is 594 g/mol. The predicted octanol–water partition coefficient (Wildman–Crippen LogP) is 4.79. The second-order valence-corrected chi connectivity index (χ2v) is 11.7. The van der Waals surface area contributed by atoms with Crippen LogP contribution in [0.2, 0.25) is 0 Å². The van der Waals surface area contributed by atoms with Gasteiger partial charge in [-0.05, 0) is 79.1 Å². The molecule has 2 aromatic carbocycles. The van der Waals surface area contributed by atoms with Crippen LogP contribution in [0, 0.1) is 25.2 Å². The Balaban J connectivity index is 1.06. The monoisotopic (exact) mass is 593 g/mol. The van der Waals surface area contributed by atoms with Gasteiger partial charge in [-0.15, -0.1) is 16.4 Å². The Morgan fingerprint density at radius 1 is 1.12 bits per heavy atom. The van der Waals surface area contributed by atoms with Gasteiger partial charge in [-0.3, -0.25) is 9.69 Å². The summed E-state index contributed by atoms with van der Waals surface area (Å²) < 4.78 is 9.04. The average Bonchev–Trinajstić information content (AvgIpc) is 3.65. The van der Waals surface area contributed by atoms with Crippen LogP contribution in [0.3, 0.4) is 0 Å². The molecular formula is C31H31N9O2S. The third-order valence-corrected chi connectivity index (χ3v) is 8.43. The Morgan fingerprint density at radius 3 is 2.56 bits per heavy atom. The molecular weight excluding hydrogens is 562 g/mol. The number of likely N-dealkylation sites (tertiary alicyclic amines) is 1. The number of anilines is 1. The van der Waals surface area contributed by atoms with Crippen LogP contribution in [-0.2, 0) is 13.1 Å². The Hall–Kier alpha value is -4.86. The number of rotatable bonds is 9. The number of primary amides is 1. The zero-order valence-corrected chi connectivity index (χ0v) is 24.8. The summed E-state index contributed by atoms with van der Waals surface area (Å²) in [6, 6.07) is 15.3. The summed E-state index contributed by atoms with van der Waals surface area (Å²) in [4.78, 5) is 23.2. The van der Waals surface area contributed by atoms with Crippen LogP contribution in [0.25, 0.3) is 10.2 Å². The molecule has 218 valence electrons. The highest BCUT2D eigenvalue weighted by atomic mass is 32.1. The van der Waals surface area contributed by atoms with E-state index in [1.807, 2.05) is 55.8 Å². The smallest absolute Gasteiger partial charge is 0.248 e. The van der Waals surface area contributed by atoms with Crippen molar-refractivity contribution in [3.05, 3.63) is 87.6 Å². The molecule has 0 atom stereocenters. The Morgan fingerprint density at radius 2 is 1.86 bits per heavy atom. The van der Waals surface area contributed by atoms with E-state index in [0.29, 0.717) is 35.2 Å². The molecule has 3 N–H and O–H groups in total.